The summed E-state index contributed by atoms with van der Waals surface area (Å²) in [5, 5.41) is 25.0. The van der Waals surface area contributed by atoms with E-state index in [9.17, 15) is 0 Å². The third kappa shape index (κ3) is 6.33. The third-order valence-corrected chi connectivity index (χ3v) is 2.37. The zero-order valence-corrected chi connectivity index (χ0v) is 12.0. The quantitative estimate of drug-likeness (QED) is 0.615. The lowest BCUT2D eigenvalue weighted by molar-refractivity contribution is 0.278. The molecular formula is C9H8BCl3N4O3. The number of nitrogens with one attached hydrogen (secondary N) is 1. The average molecular weight is 337 g/mol. The molecule has 1 aromatic heterocycles. The molecule has 7 nitrogen and oxygen atoms in total. The van der Waals surface area contributed by atoms with E-state index in [0.717, 1.165) is 0 Å². The van der Waals surface area contributed by atoms with Gasteiger partial charge >= 0.3 is 7.32 Å². The van der Waals surface area contributed by atoms with E-state index >= 15 is 0 Å². The molecule has 0 amide bonds. The smallest absolute Gasteiger partial charge is 0.402 e. The van der Waals surface area contributed by atoms with Crippen molar-refractivity contribution in [3.8, 4) is 0 Å². The van der Waals surface area contributed by atoms with E-state index in [1.54, 1.807) is 12.1 Å². The van der Waals surface area contributed by atoms with Gasteiger partial charge in [0.2, 0.25) is 16.5 Å². The van der Waals surface area contributed by atoms with Gasteiger partial charge in [0.15, 0.2) is 0 Å². The van der Waals surface area contributed by atoms with Crippen LogP contribution in [0, 0.1) is 0 Å². The first-order valence-corrected chi connectivity index (χ1v) is 6.14. The van der Waals surface area contributed by atoms with E-state index in [1.807, 2.05) is 12.1 Å². The monoisotopic (exact) mass is 336 g/mol. The molecule has 0 spiro atoms. The lowest BCUT2D eigenvalue weighted by Gasteiger charge is -2.06. The van der Waals surface area contributed by atoms with Crippen molar-refractivity contribution in [3.05, 3.63) is 39.9 Å². The Balaban J connectivity index is 0.000000444. The van der Waals surface area contributed by atoms with Crippen LogP contribution in [0.25, 0.3) is 0 Å². The Labute approximate surface area is 129 Å². The zero-order chi connectivity index (χ0) is 15.1. The van der Waals surface area contributed by atoms with Gasteiger partial charge in [-0.25, -0.2) is 0 Å². The Kier molecular flexibility index (Phi) is 6.93. The van der Waals surface area contributed by atoms with Crippen molar-refractivity contribution in [2.45, 2.75) is 0 Å². The Morgan fingerprint density at radius 3 is 1.90 bits per heavy atom. The number of nitrogens with zero attached hydrogens (tertiary/aromatic N) is 3. The van der Waals surface area contributed by atoms with E-state index in [1.165, 1.54) is 0 Å². The molecule has 4 N–H and O–H groups in total. The first-order valence-electron chi connectivity index (χ1n) is 5.01. The van der Waals surface area contributed by atoms with Crippen molar-refractivity contribution < 1.29 is 15.1 Å². The van der Waals surface area contributed by atoms with Crippen LogP contribution in [0.1, 0.15) is 0 Å². The molecule has 20 heavy (non-hydrogen) atoms. The summed E-state index contributed by atoms with van der Waals surface area (Å²) in [5.74, 6) is 0.248. The van der Waals surface area contributed by atoms with E-state index in [0.29, 0.717) is 10.7 Å². The normalized spacial score (nSPS) is 9.50. The molecule has 0 aliphatic heterocycles. The predicted octanol–water partition coefficient (Wildman–Crippen LogP) is 1.52. The fraction of sp³-hybridized carbons (Fsp3) is 0. The molecule has 0 saturated carbocycles. The van der Waals surface area contributed by atoms with E-state index < -0.39 is 7.32 Å². The van der Waals surface area contributed by atoms with Crippen molar-refractivity contribution in [2.24, 2.45) is 0 Å². The van der Waals surface area contributed by atoms with Crippen LogP contribution in [0.4, 0.5) is 11.6 Å². The Morgan fingerprint density at radius 2 is 1.40 bits per heavy atom. The summed E-state index contributed by atoms with van der Waals surface area (Å²) in [5.41, 5.74) is 0.669. The largest absolute Gasteiger partial charge is 0.631 e. The summed E-state index contributed by atoms with van der Waals surface area (Å²) in [6.07, 6.45) is 0. The second-order valence-electron chi connectivity index (χ2n) is 3.15. The van der Waals surface area contributed by atoms with E-state index in [4.69, 9.17) is 49.9 Å². The van der Waals surface area contributed by atoms with Crippen LogP contribution < -0.4 is 5.32 Å². The van der Waals surface area contributed by atoms with Crippen molar-refractivity contribution in [1.29, 1.82) is 0 Å². The maximum atomic E-state index is 7.17. The third-order valence-electron chi connectivity index (χ3n) is 1.70. The molecule has 0 unspecified atom stereocenters. The first kappa shape index (κ1) is 16.9. The lowest BCUT2D eigenvalue weighted by atomic mass is 10.3. The molecule has 0 aliphatic carbocycles. The molecular weight excluding hydrogens is 329 g/mol. The van der Waals surface area contributed by atoms with Gasteiger partial charge in [0.05, 0.1) is 10.7 Å². The fourth-order valence-electron chi connectivity index (χ4n) is 1.06. The Hall–Kier alpha value is -1.16. The maximum Gasteiger partial charge on any atom is 0.631 e. The number of rotatable bonds is 2. The summed E-state index contributed by atoms with van der Waals surface area (Å²) in [6, 6.07) is 7.18. The standard InChI is InChI=1S/C9H5Cl3N4.BH3O3/c10-5-3-1-2-4-6(5)13-9-15-7(11)14-8(12)16-9;2-1(3)4/h1-4H,(H,13,14,15,16);2-4H. The second kappa shape index (κ2) is 8.20. The van der Waals surface area contributed by atoms with Gasteiger partial charge in [0.25, 0.3) is 0 Å². The second-order valence-corrected chi connectivity index (χ2v) is 4.23. The van der Waals surface area contributed by atoms with Crippen LogP contribution >= 0.6 is 34.8 Å². The summed E-state index contributed by atoms with van der Waals surface area (Å²) in [6.45, 7) is 0. The van der Waals surface area contributed by atoms with Gasteiger partial charge in [-0.2, -0.15) is 15.0 Å². The number of aromatic nitrogens is 3. The minimum atomic E-state index is -2.17. The topological polar surface area (TPSA) is 111 Å². The van der Waals surface area contributed by atoms with Crippen LogP contribution in [-0.2, 0) is 0 Å². The van der Waals surface area contributed by atoms with Crippen LogP contribution in [0.5, 0.6) is 0 Å². The summed E-state index contributed by atoms with van der Waals surface area (Å²) in [7, 11) is -2.17. The molecule has 11 heteroatoms. The summed E-state index contributed by atoms with van der Waals surface area (Å²) < 4.78 is 0. The maximum absolute atomic E-state index is 7.17. The van der Waals surface area contributed by atoms with Gasteiger partial charge in [0, 0.05) is 0 Å². The number of para-hydroxylation sites is 1. The highest BCUT2D eigenvalue weighted by molar-refractivity contribution is 6.33. The number of benzene rings is 1. The highest BCUT2D eigenvalue weighted by Crippen LogP contribution is 2.23. The molecule has 0 aliphatic rings. The van der Waals surface area contributed by atoms with Crippen molar-refractivity contribution in [2.75, 3.05) is 5.32 Å². The molecule has 0 bridgehead atoms. The molecule has 1 aromatic carbocycles. The van der Waals surface area contributed by atoms with E-state index in [-0.39, 0.29) is 16.5 Å². The van der Waals surface area contributed by atoms with E-state index in [2.05, 4.69) is 20.3 Å². The van der Waals surface area contributed by atoms with Gasteiger partial charge < -0.3 is 20.4 Å². The number of hydrogen-bond acceptors (Lipinski definition) is 7. The van der Waals surface area contributed by atoms with Crippen molar-refractivity contribution in [1.82, 2.24) is 15.0 Å². The molecule has 0 saturated heterocycles. The lowest BCUT2D eigenvalue weighted by Crippen LogP contribution is -2.07. The van der Waals surface area contributed by atoms with Crippen LogP contribution in [0.15, 0.2) is 24.3 Å². The Morgan fingerprint density at radius 1 is 0.900 bits per heavy atom. The van der Waals surface area contributed by atoms with Crippen LogP contribution in [-0.4, -0.2) is 37.3 Å². The number of halogens is 3. The van der Waals surface area contributed by atoms with Crippen molar-refractivity contribution in [3.63, 3.8) is 0 Å². The zero-order valence-electron chi connectivity index (χ0n) is 9.70. The molecule has 106 valence electrons. The molecule has 0 radical (unpaired) electrons. The minimum absolute atomic E-state index is 0.0227. The number of anilines is 2. The van der Waals surface area contributed by atoms with Crippen LogP contribution in [0.3, 0.4) is 0 Å². The van der Waals surface area contributed by atoms with Gasteiger partial charge in [0.1, 0.15) is 0 Å². The molecule has 0 atom stereocenters. The predicted molar refractivity (Wildman–Crippen MR) is 77.0 cm³/mol. The molecule has 2 rings (SSSR count). The summed E-state index contributed by atoms with van der Waals surface area (Å²) in [4.78, 5) is 11.4. The average Bonchev–Trinajstić information content (AvgIpc) is 2.30. The molecule has 1 heterocycles. The highest BCUT2D eigenvalue weighted by Gasteiger charge is 2.05. The van der Waals surface area contributed by atoms with Crippen LogP contribution in [0.2, 0.25) is 15.6 Å². The molecule has 0 fully saturated rings. The first-order chi connectivity index (χ1) is 9.38. The van der Waals surface area contributed by atoms with Gasteiger partial charge in [-0.05, 0) is 35.3 Å². The minimum Gasteiger partial charge on any atom is -0.402 e. The van der Waals surface area contributed by atoms with Gasteiger partial charge in [-0.1, -0.05) is 23.7 Å². The summed E-state index contributed by atoms with van der Waals surface area (Å²) >= 11 is 17.2. The fourth-order valence-corrected chi connectivity index (χ4v) is 1.61. The SMILES string of the molecule is Clc1nc(Cl)nc(Nc2ccccc2Cl)n1.OB(O)O. The van der Waals surface area contributed by atoms with Crippen molar-refractivity contribution >= 4 is 53.8 Å². The Bertz CT molecular complexity index is 553. The van der Waals surface area contributed by atoms with Gasteiger partial charge in [-0.15, -0.1) is 0 Å². The number of hydrogen-bond donors (Lipinski definition) is 4. The molecule has 2 aromatic rings. The highest BCUT2D eigenvalue weighted by atomic mass is 35.5. The van der Waals surface area contributed by atoms with Gasteiger partial charge in [-0.3, -0.25) is 0 Å².